The fourth-order valence-electron chi connectivity index (χ4n) is 4.11. The molecule has 0 saturated carbocycles. The van der Waals surface area contributed by atoms with Crippen LogP contribution in [0.5, 0.6) is 0 Å². The van der Waals surface area contributed by atoms with E-state index in [1.165, 1.54) is 20.0 Å². The maximum atomic E-state index is 12.0. The summed E-state index contributed by atoms with van der Waals surface area (Å²) in [5, 5.41) is 0. The zero-order valence-electron chi connectivity index (χ0n) is 18.0. The molecule has 1 aliphatic rings. The molecule has 1 rings (SSSR count). The highest BCUT2D eigenvalue weighted by Gasteiger charge is 2.44. The van der Waals surface area contributed by atoms with Crippen LogP contribution in [0.1, 0.15) is 66.7 Å². The van der Waals surface area contributed by atoms with Gasteiger partial charge in [-0.1, -0.05) is 13.3 Å². The van der Waals surface area contributed by atoms with E-state index < -0.39 is 10.8 Å². The highest BCUT2D eigenvalue weighted by molar-refractivity contribution is 7.85. The lowest BCUT2D eigenvalue weighted by atomic mass is 9.77. The van der Waals surface area contributed by atoms with Gasteiger partial charge in [0.2, 0.25) is 0 Å². The molecule has 1 atom stereocenters. The summed E-state index contributed by atoms with van der Waals surface area (Å²) in [6.45, 7) is 13.6. The average molecular weight is 389 g/mol. The second-order valence-corrected chi connectivity index (χ2v) is 10.4. The number of hydrogen-bond acceptors (Lipinski definition) is 5. The second kappa shape index (κ2) is 10.2. The lowest BCUT2D eigenvalue weighted by molar-refractivity contribution is -0.137. The van der Waals surface area contributed by atoms with E-state index in [1.54, 1.807) is 0 Å². The van der Waals surface area contributed by atoms with E-state index in [0.29, 0.717) is 11.8 Å². The predicted molar refractivity (Wildman–Crippen MR) is 110 cm³/mol. The molecule has 0 bridgehead atoms. The Bertz CT molecular complexity index is 462. The summed E-state index contributed by atoms with van der Waals surface area (Å²) < 4.78 is 16.6. The van der Waals surface area contributed by atoms with Crippen molar-refractivity contribution in [2.24, 2.45) is 0 Å². The molecule has 0 radical (unpaired) electrons. The van der Waals surface area contributed by atoms with Crippen molar-refractivity contribution in [2.75, 3.05) is 38.8 Å². The van der Waals surface area contributed by atoms with Crippen molar-refractivity contribution in [2.45, 2.75) is 83.8 Å². The maximum Gasteiger partial charge on any atom is 0.318 e. The Morgan fingerprint density at radius 3 is 2.19 bits per heavy atom. The Labute approximate surface area is 163 Å². The Balaban J connectivity index is 2.68. The molecule has 1 saturated heterocycles. The minimum Gasteiger partial charge on any atom is -0.468 e. The number of hydrogen-bond donors (Lipinski definition) is 0. The van der Waals surface area contributed by atoms with Gasteiger partial charge >= 0.3 is 5.97 Å². The van der Waals surface area contributed by atoms with Crippen LogP contribution in [0, 0.1) is 0 Å². The van der Waals surface area contributed by atoms with Crippen LogP contribution in [0.2, 0.25) is 0 Å². The molecule has 1 fully saturated rings. The zero-order chi connectivity index (χ0) is 20.0. The molecule has 1 aliphatic heterocycles. The van der Waals surface area contributed by atoms with Crippen molar-refractivity contribution >= 4 is 16.8 Å². The molecular formula is C20H40N2O3S. The van der Waals surface area contributed by atoms with Gasteiger partial charge in [0, 0.05) is 33.7 Å². The zero-order valence-corrected chi connectivity index (χ0v) is 18.8. The first-order chi connectivity index (χ1) is 12.0. The third-order valence-corrected chi connectivity index (χ3v) is 7.23. The molecule has 0 aromatic carbocycles. The van der Waals surface area contributed by atoms with Crippen LogP contribution >= 0.6 is 0 Å². The van der Waals surface area contributed by atoms with E-state index >= 15 is 0 Å². The molecule has 0 aromatic rings. The molecule has 0 N–H and O–H groups in total. The predicted octanol–water partition coefficient (Wildman–Crippen LogP) is 3.05. The Kier molecular flexibility index (Phi) is 9.24. The smallest absolute Gasteiger partial charge is 0.318 e. The molecule has 0 amide bonds. The first-order valence-corrected chi connectivity index (χ1v) is 11.4. The standard InChI is InChI=1S/C20H40N2O3S/c1-8-9-11-22(12-10-13-26(24)16-18(23)25-7)17-14-19(2,3)21(6)20(4,5)15-17/h17H,8-16H2,1-7H3. The summed E-state index contributed by atoms with van der Waals surface area (Å²) in [5.41, 5.74) is 0.342. The molecular weight excluding hydrogens is 348 g/mol. The number of ether oxygens (including phenoxy) is 1. The normalized spacial score (nSPS) is 21.7. The van der Waals surface area contributed by atoms with Gasteiger partial charge in [0.25, 0.3) is 0 Å². The minimum atomic E-state index is -1.12. The summed E-state index contributed by atoms with van der Waals surface area (Å²) in [6.07, 6.45) is 5.55. The quantitative estimate of drug-likeness (QED) is 0.538. The monoisotopic (exact) mass is 388 g/mol. The van der Waals surface area contributed by atoms with Crippen LogP contribution in [0.15, 0.2) is 0 Å². The van der Waals surface area contributed by atoms with Crippen molar-refractivity contribution in [3.8, 4) is 0 Å². The number of rotatable bonds is 10. The van der Waals surface area contributed by atoms with Crippen LogP contribution in [0.25, 0.3) is 0 Å². The minimum absolute atomic E-state index is 0.0136. The molecule has 26 heavy (non-hydrogen) atoms. The molecule has 154 valence electrons. The molecule has 0 aromatic heterocycles. The number of unbranched alkanes of at least 4 members (excludes halogenated alkanes) is 1. The number of carbonyl (C=O) groups is 1. The third kappa shape index (κ3) is 6.93. The van der Waals surface area contributed by atoms with Gasteiger partial charge in [-0.05, 0) is 73.5 Å². The molecule has 0 spiro atoms. The summed E-state index contributed by atoms with van der Waals surface area (Å²) in [7, 11) is 2.46. The fraction of sp³-hybridized carbons (Fsp3) is 0.950. The molecule has 0 aliphatic carbocycles. The Hall–Kier alpha value is -0.460. The lowest BCUT2D eigenvalue weighted by Gasteiger charge is -2.55. The Morgan fingerprint density at radius 1 is 1.15 bits per heavy atom. The van der Waals surface area contributed by atoms with Gasteiger partial charge in [0.15, 0.2) is 0 Å². The summed E-state index contributed by atoms with van der Waals surface area (Å²) in [4.78, 5) is 16.4. The van der Waals surface area contributed by atoms with Gasteiger partial charge in [0.1, 0.15) is 5.75 Å². The van der Waals surface area contributed by atoms with Crippen LogP contribution in [0.4, 0.5) is 0 Å². The maximum absolute atomic E-state index is 12.0. The van der Waals surface area contributed by atoms with E-state index in [9.17, 15) is 9.00 Å². The largest absolute Gasteiger partial charge is 0.468 e. The van der Waals surface area contributed by atoms with E-state index in [1.807, 2.05) is 0 Å². The van der Waals surface area contributed by atoms with E-state index in [-0.39, 0.29) is 22.8 Å². The van der Waals surface area contributed by atoms with Crippen molar-refractivity contribution < 1.29 is 13.7 Å². The summed E-state index contributed by atoms with van der Waals surface area (Å²) in [5.74, 6) is 0.196. The number of carbonyl (C=O) groups excluding carboxylic acids is 1. The second-order valence-electron chi connectivity index (χ2n) is 8.85. The SMILES string of the molecule is CCCCN(CCCS(=O)CC(=O)OC)C1CC(C)(C)N(C)C(C)(C)C1. The number of methoxy groups -OCH3 is 1. The first kappa shape index (κ1) is 23.6. The van der Waals surface area contributed by atoms with Gasteiger partial charge in [-0.25, -0.2) is 0 Å². The van der Waals surface area contributed by atoms with Crippen molar-refractivity contribution in [3.63, 3.8) is 0 Å². The topological polar surface area (TPSA) is 49.9 Å². The van der Waals surface area contributed by atoms with Gasteiger partial charge in [-0.2, -0.15) is 0 Å². The number of esters is 1. The lowest BCUT2D eigenvalue weighted by Crippen LogP contribution is -2.62. The fourth-order valence-corrected chi connectivity index (χ4v) is 5.08. The summed E-state index contributed by atoms with van der Waals surface area (Å²) in [6, 6.07) is 0.553. The van der Waals surface area contributed by atoms with E-state index in [2.05, 4.69) is 56.2 Å². The van der Waals surface area contributed by atoms with E-state index in [0.717, 1.165) is 32.4 Å². The first-order valence-electron chi connectivity index (χ1n) is 9.93. The van der Waals surface area contributed by atoms with Crippen LogP contribution in [0.3, 0.4) is 0 Å². The Morgan fingerprint density at radius 2 is 1.69 bits per heavy atom. The molecule has 6 heteroatoms. The van der Waals surface area contributed by atoms with Crippen LogP contribution in [-0.4, -0.2) is 75.9 Å². The van der Waals surface area contributed by atoms with Gasteiger partial charge in [0.05, 0.1) is 7.11 Å². The van der Waals surface area contributed by atoms with Crippen molar-refractivity contribution in [3.05, 3.63) is 0 Å². The highest BCUT2D eigenvalue weighted by atomic mass is 32.2. The summed E-state index contributed by atoms with van der Waals surface area (Å²) >= 11 is 0. The van der Waals surface area contributed by atoms with E-state index in [4.69, 9.17) is 0 Å². The molecule has 5 nitrogen and oxygen atoms in total. The van der Waals surface area contributed by atoms with Gasteiger partial charge in [-0.15, -0.1) is 0 Å². The average Bonchev–Trinajstić information content (AvgIpc) is 2.54. The van der Waals surface area contributed by atoms with Crippen molar-refractivity contribution in [1.29, 1.82) is 0 Å². The third-order valence-electron chi connectivity index (χ3n) is 5.93. The molecule has 1 heterocycles. The van der Waals surface area contributed by atoms with Crippen LogP contribution in [-0.2, 0) is 20.3 Å². The van der Waals surface area contributed by atoms with Gasteiger partial charge in [-0.3, -0.25) is 13.9 Å². The van der Waals surface area contributed by atoms with Crippen molar-refractivity contribution in [1.82, 2.24) is 9.80 Å². The number of likely N-dealkylation sites (tertiary alicyclic amines) is 1. The molecule has 1 unspecified atom stereocenters. The number of nitrogens with zero attached hydrogens (tertiary/aromatic N) is 2. The van der Waals surface area contributed by atoms with Gasteiger partial charge < -0.3 is 9.64 Å². The highest BCUT2D eigenvalue weighted by Crippen LogP contribution is 2.39. The number of piperidine rings is 1. The van der Waals surface area contributed by atoms with Crippen LogP contribution < -0.4 is 0 Å².